The molecule has 0 radical (unpaired) electrons. The van der Waals surface area contributed by atoms with Crippen molar-refractivity contribution in [2.24, 2.45) is 11.7 Å². The van der Waals surface area contributed by atoms with Crippen molar-refractivity contribution in [3.63, 3.8) is 0 Å². The fourth-order valence-corrected chi connectivity index (χ4v) is 2.98. The Kier molecular flexibility index (Phi) is 5.83. The van der Waals surface area contributed by atoms with Gasteiger partial charge in [0.25, 0.3) is 0 Å². The van der Waals surface area contributed by atoms with Gasteiger partial charge in [-0.25, -0.2) is 0 Å². The molecule has 2 N–H and O–H groups in total. The van der Waals surface area contributed by atoms with E-state index in [1.807, 2.05) is 0 Å². The van der Waals surface area contributed by atoms with Crippen molar-refractivity contribution in [2.45, 2.75) is 70.6 Å². The molecule has 19 heavy (non-hydrogen) atoms. The van der Waals surface area contributed by atoms with Gasteiger partial charge in [-0.2, -0.15) is 0 Å². The molecule has 1 aromatic heterocycles. The Morgan fingerprint density at radius 1 is 1.16 bits per heavy atom. The fraction of sp³-hybridized carbons (Fsp3) is 0.867. The Bertz CT molecular complexity index is 356. The zero-order valence-corrected chi connectivity index (χ0v) is 12.1. The van der Waals surface area contributed by atoms with Gasteiger partial charge in [0.15, 0.2) is 0 Å². The molecule has 0 spiro atoms. The molecule has 2 rings (SSSR count). The fourth-order valence-electron chi connectivity index (χ4n) is 2.98. The number of hydrogen-bond acceptors (Lipinski definition) is 4. The summed E-state index contributed by atoms with van der Waals surface area (Å²) in [6.45, 7) is 2.95. The number of nitrogens with zero attached hydrogens (tertiary/aromatic N) is 2. The summed E-state index contributed by atoms with van der Waals surface area (Å²) in [6, 6.07) is 0. The molecular formula is C15H27N3O. The second kappa shape index (κ2) is 7.63. The van der Waals surface area contributed by atoms with Crippen molar-refractivity contribution in [2.75, 3.05) is 6.54 Å². The van der Waals surface area contributed by atoms with Crippen molar-refractivity contribution in [1.29, 1.82) is 0 Å². The van der Waals surface area contributed by atoms with Crippen LogP contribution in [0, 0.1) is 5.92 Å². The first kappa shape index (κ1) is 14.5. The molecule has 0 aliphatic heterocycles. The van der Waals surface area contributed by atoms with Gasteiger partial charge in [0.05, 0.1) is 0 Å². The van der Waals surface area contributed by atoms with Crippen molar-refractivity contribution in [3.8, 4) is 0 Å². The van der Waals surface area contributed by atoms with E-state index in [2.05, 4.69) is 17.1 Å². The van der Waals surface area contributed by atoms with Gasteiger partial charge in [0.1, 0.15) is 0 Å². The van der Waals surface area contributed by atoms with Crippen molar-refractivity contribution in [3.05, 3.63) is 11.8 Å². The molecule has 0 bridgehead atoms. The van der Waals surface area contributed by atoms with Gasteiger partial charge in [-0.1, -0.05) is 26.2 Å². The lowest BCUT2D eigenvalue weighted by molar-refractivity contribution is 0.274. The first-order valence-electron chi connectivity index (χ1n) is 7.85. The van der Waals surface area contributed by atoms with Gasteiger partial charge < -0.3 is 10.2 Å². The van der Waals surface area contributed by atoms with E-state index in [1.54, 1.807) is 0 Å². The molecule has 4 nitrogen and oxygen atoms in total. The molecule has 0 aromatic carbocycles. The van der Waals surface area contributed by atoms with Crippen LogP contribution < -0.4 is 5.73 Å². The SMILES string of the molecule is CCCCC1CCC(c2nnc(CCCN)o2)CC1. The normalized spacial score (nSPS) is 23.7. The second-order valence-corrected chi connectivity index (χ2v) is 5.79. The lowest BCUT2D eigenvalue weighted by Crippen LogP contribution is -2.13. The van der Waals surface area contributed by atoms with Gasteiger partial charge in [0.2, 0.25) is 11.8 Å². The van der Waals surface area contributed by atoms with Crippen LogP contribution in [0.1, 0.15) is 76.0 Å². The van der Waals surface area contributed by atoms with Crippen LogP contribution in [0.4, 0.5) is 0 Å². The highest BCUT2D eigenvalue weighted by atomic mass is 16.4. The molecule has 4 heteroatoms. The zero-order chi connectivity index (χ0) is 13.5. The number of aromatic nitrogens is 2. The average molecular weight is 265 g/mol. The molecule has 0 saturated heterocycles. The lowest BCUT2D eigenvalue weighted by Gasteiger charge is -2.26. The number of unbranched alkanes of at least 4 members (excludes halogenated alkanes) is 1. The van der Waals surface area contributed by atoms with Gasteiger partial charge in [-0.05, 0) is 44.6 Å². The monoisotopic (exact) mass is 265 g/mol. The molecule has 0 atom stereocenters. The molecule has 1 aliphatic rings. The largest absolute Gasteiger partial charge is 0.425 e. The summed E-state index contributed by atoms with van der Waals surface area (Å²) < 4.78 is 5.76. The van der Waals surface area contributed by atoms with Crippen LogP contribution in [0.15, 0.2) is 4.42 Å². The molecule has 0 unspecified atom stereocenters. The third-order valence-corrected chi connectivity index (χ3v) is 4.24. The summed E-state index contributed by atoms with van der Waals surface area (Å²) in [4.78, 5) is 0. The Labute approximate surface area is 116 Å². The van der Waals surface area contributed by atoms with Crippen molar-refractivity contribution >= 4 is 0 Å². The summed E-state index contributed by atoms with van der Waals surface area (Å²) in [7, 11) is 0. The topological polar surface area (TPSA) is 64.9 Å². The van der Waals surface area contributed by atoms with Gasteiger partial charge in [-0.15, -0.1) is 10.2 Å². The van der Waals surface area contributed by atoms with E-state index in [0.717, 1.165) is 30.5 Å². The highest BCUT2D eigenvalue weighted by Gasteiger charge is 2.25. The summed E-state index contributed by atoms with van der Waals surface area (Å²) in [6.07, 6.45) is 10.9. The van der Waals surface area contributed by atoms with Crippen LogP contribution in [0.5, 0.6) is 0 Å². The van der Waals surface area contributed by atoms with E-state index in [1.165, 1.54) is 44.9 Å². The Balaban J connectivity index is 1.78. The molecular weight excluding hydrogens is 238 g/mol. The maximum absolute atomic E-state index is 5.76. The molecule has 1 heterocycles. The van der Waals surface area contributed by atoms with Gasteiger partial charge >= 0.3 is 0 Å². The predicted molar refractivity (Wildman–Crippen MR) is 75.9 cm³/mol. The quantitative estimate of drug-likeness (QED) is 0.820. The average Bonchev–Trinajstić information content (AvgIpc) is 2.92. The molecule has 1 aromatic rings. The van der Waals surface area contributed by atoms with E-state index in [4.69, 9.17) is 10.2 Å². The maximum Gasteiger partial charge on any atom is 0.219 e. The molecule has 1 saturated carbocycles. The van der Waals surface area contributed by atoms with Crippen LogP contribution in [-0.4, -0.2) is 16.7 Å². The second-order valence-electron chi connectivity index (χ2n) is 5.79. The minimum atomic E-state index is 0.497. The van der Waals surface area contributed by atoms with Crippen molar-refractivity contribution in [1.82, 2.24) is 10.2 Å². The first-order valence-corrected chi connectivity index (χ1v) is 7.85. The van der Waals surface area contributed by atoms with Crippen LogP contribution >= 0.6 is 0 Å². The minimum absolute atomic E-state index is 0.497. The van der Waals surface area contributed by atoms with Gasteiger partial charge in [0, 0.05) is 12.3 Å². The number of nitrogens with two attached hydrogens (primary N) is 1. The van der Waals surface area contributed by atoms with Crippen LogP contribution in [-0.2, 0) is 6.42 Å². The summed E-state index contributed by atoms with van der Waals surface area (Å²) in [5.41, 5.74) is 5.49. The van der Waals surface area contributed by atoms with E-state index in [0.29, 0.717) is 12.5 Å². The molecule has 0 amide bonds. The summed E-state index contributed by atoms with van der Waals surface area (Å²) >= 11 is 0. The van der Waals surface area contributed by atoms with Crippen LogP contribution in [0.25, 0.3) is 0 Å². The highest BCUT2D eigenvalue weighted by Crippen LogP contribution is 2.37. The zero-order valence-electron chi connectivity index (χ0n) is 12.1. The number of rotatable bonds is 7. The predicted octanol–water partition coefficient (Wildman–Crippen LogP) is 3.42. The van der Waals surface area contributed by atoms with E-state index >= 15 is 0 Å². The number of hydrogen-bond donors (Lipinski definition) is 1. The first-order chi connectivity index (χ1) is 9.33. The van der Waals surface area contributed by atoms with Gasteiger partial charge in [-0.3, -0.25) is 0 Å². The number of aryl methyl sites for hydroxylation is 1. The van der Waals surface area contributed by atoms with Crippen LogP contribution in [0.2, 0.25) is 0 Å². The molecule has 1 aliphatic carbocycles. The van der Waals surface area contributed by atoms with E-state index in [-0.39, 0.29) is 0 Å². The minimum Gasteiger partial charge on any atom is -0.425 e. The Hall–Kier alpha value is -0.900. The summed E-state index contributed by atoms with van der Waals surface area (Å²) in [5.74, 6) is 3.04. The Morgan fingerprint density at radius 2 is 1.95 bits per heavy atom. The standard InChI is InChI=1S/C15H27N3O/c1-2-3-5-12-7-9-13(10-8-12)15-18-17-14(19-15)6-4-11-16/h12-13H,2-11,16H2,1H3. The van der Waals surface area contributed by atoms with Crippen molar-refractivity contribution < 1.29 is 4.42 Å². The smallest absolute Gasteiger partial charge is 0.219 e. The highest BCUT2D eigenvalue weighted by molar-refractivity contribution is 4.94. The lowest BCUT2D eigenvalue weighted by atomic mass is 9.80. The third kappa shape index (κ3) is 4.30. The van der Waals surface area contributed by atoms with E-state index in [9.17, 15) is 0 Å². The Morgan fingerprint density at radius 3 is 2.63 bits per heavy atom. The third-order valence-electron chi connectivity index (χ3n) is 4.24. The van der Waals surface area contributed by atoms with Crippen LogP contribution in [0.3, 0.4) is 0 Å². The molecule has 1 fully saturated rings. The van der Waals surface area contributed by atoms with E-state index < -0.39 is 0 Å². The maximum atomic E-state index is 5.76. The molecule has 108 valence electrons. The summed E-state index contributed by atoms with van der Waals surface area (Å²) in [5, 5.41) is 8.35.